The highest BCUT2D eigenvalue weighted by Gasteiger charge is 2.35. The molecular formula is C40H44N8O4. The van der Waals surface area contributed by atoms with Gasteiger partial charge in [-0.05, 0) is 74.9 Å². The molecule has 3 amide bonds. The molecule has 5 aromatic rings. The first kappa shape index (κ1) is 34.7. The Balaban J connectivity index is 1.24. The number of aromatic nitrogens is 5. The number of hydrogen-bond acceptors (Lipinski definition) is 7. The molecule has 12 nitrogen and oxygen atoms in total. The van der Waals surface area contributed by atoms with Gasteiger partial charge >= 0.3 is 0 Å². The molecule has 2 atom stereocenters. The molecule has 52 heavy (non-hydrogen) atoms. The predicted molar refractivity (Wildman–Crippen MR) is 196 cm³/mol. The molecule has 1 N–H and O–H groups in total. The molecule has 0 unspecified atom stereocenters. The van der Waals surface area contributed by atoms with Crippen LogP contribution in [0.1, 0.15) is 65.8 Å². The Bertz CT molecular complexity index is 2010. The van der Waals surface area contributed by atoms with Crippen molar-refractivity contribution >= 4 is 17.7 Å². The van der Waals surface area contributed by atoms with E-state index in [1.807, 2.05) is 103 Å². The molecule has 268 valence electrons. The Morgan fingerprint density at radius 3 is 2.37 bits per heavy atom. The van der Waals surface area contributed by atoms with Gasteiger partial charge in [-0.3, -0.25) is 14.4 Å². The van der Waals surface area contributed by atoms with Crippen molar-refractivity contribution in [1.82, 2.24) is 39.7 Å². The van der Waals surface area contributed by atoms with Crippen molar-refractivity contribution in [3.8, 4) is 22.7 Å². The molecular weight excluding hydrogens is 656 g/mol. The molecule has 2 aromatic heterocycles. The first-order chi connectivity index (χ1) is 25.4. The van der Waals surface area contributed by atoms with E-state index in [2.05, 4.69) is 5.32 Å². The van der Waals surface area contributed by atoms with E-state index >= 15 is 0 Å². The fourth-order valence-electron chi connectivity index (χ4n) is 7.20. The maximum absolute atomic E-state index is 14.5. The summed E-state index contributed by atoms with van der Waals surface area (Å²) in [4.78, 5) is 50.4. The van der Waals surface area contributed by atoms with Crippen molar-refractivity contribution in [2.75, 3.05) is 26.7 Å². The quantitative estimate of drug-likeness (QED) is 0.259. The highest BCUT2D eigenvalue weighted by molar-refractivity contribution is 5.94. The van der Waals surface area contributed by atoms with Crippen LogP contribution < -0.4 is 10.1 Å². The Labute approximate surface area is 303 Å². The Morgan fingerprint density at radius 2 is 1.62 bits per heavy atom. The number of ether oxygens (including phenoxy) is 1. The van der Waals surface area contributed by atoms with E-state index in [1.165, 1.54) is 0 Å². The first-order valence-electron chi connectivity index (χ1n) is 18.0. The second kappa shape index (κ2) is 15.6. The van der Waals surface area contributed by atoms with E-state index in [9.17, 15) is 14.4 Å². The molecule has 0 bridgehead atoms. The van der Waals surface area contributed by atoms with Gasteiger partial charge in [0.2, 0.25) is 11.8 Å². The van der Waals surface area contributed by atoms with Crippen LogP contribution in [0.15, 0.2) is 91.0 Å². The largest absolute Gasteiger partial charge is 0.497 e. The molecule has 7 rings (SSSR count). The van der Waals surface area contributed by atoms with Crippen LogP contribution in [0, 0.1) is 6.92 Å². The highest BCUT2D eigenvalue weighted by Crippen LogP contribution is 2.27. The summed E-state index contributed by atoms with van der Waals surface area (Å²) in [6, 6.07) is 28.1. The van der Waals surface area contributed by atoms with Crippen LogP contribution in [0.25, 0.3) is 16.9 Å². The van der Waals surface area contributed by atoms with Crippen LogP contribution in [0.2, 0.25) is 0 Å². The molecule has 2 aliphatic rings. The van der Waals surface area contributed by atoms with E-state index in [0.717, 1.165) is 41.1 Å². The lowest BCUT2D eigenvalue weighted by atomic mass is 9.99. The number of nitrogens with one attached hydrogen (secondary N) is 1. The SMILES string of the molecule is COc1ccc(-n2nc(C(=O)N3CCCC(=O)N4CCCC[C@H]4C(=O)N[C@H](Cc4ccccc4)c4nc(C)nn4CC3)cc2-c2ccccc2)cc1. The molecule has 12 heteroatoms. The molecule has 0 saturated carbocycles. The van der Waals surface area contributed by atoms with Crippen LogP contribution >= 0.6 is 0 Å². The number of amides is 3. The van der Waals surface area contributed by atoms with Crippen LogP contribution in [-0.4, -0.2) is 84.9 Å². The summed E-state index contributed by atoms with van der Waals surface area (Å²) in [5.74, 6) is 1.42. The summed E-state index contributed by atoms with van der Waals surface area (Å²) in [6.07, 6.45) is 3.49. The Morgan fingerprint density at radius 1 is 0.865 bits per heavy atom. The monoisotopic (exact) mass is 700 g/mol. The van der Waals surface area contributed by atoms with E-state index < -0.39 is 12.1 Å². The summed E-state index contributed by atoms with van der Waals surface area (Å²) < 4.78 is 8.96. The van der Waals surface area contributed by atoms with Gasteiger partial charge in [-0.1, -0.05) is 60.7 Å². The van der Waals surface area contributed by atoms with Crippen molar-refractivity contribution in [3.05, 3.63) is 114 Å². The maximum atomic E-state index is 14.5. The summed E-state index contributed by atoms with van der Waals surface area (Å²) in [6.45, 7) is 3.34. The minimum Gasteiger partial charge on any atom is -0.497 e. The van der Waals surface area contributed by atoms with Crippen LogP contribution in [0.5, 0.6) is 5.75 Å². The van der Waals surface area contributed by atoms with Crippen LogP contribution in [-0.2, 0) is 22.6 Å². The lowest BCUT2D eigenvalue weighted by molar-refractivity contribution is -0.142. The van der Waals surface area contributed by atoms with Crippen molar-refractivity contribution in [1.29, 1.82) is 0 Å². The zero-order valence-electron chi connectivity index (χ0n) is 29.6. The standard InChI is InChI=1S/C40H44N8O4/c1-28-41-38-33(26-29-12-5-3-6-13-29)42-39(50)35-16-9-10-23-46(35)37(49)17-11-22-45(24-25-47(38)43-28)40(51)34-27-36(30-14-7-4-8-15-30)48(44-34)31-18-20-32(52-2)21-19-31/h3-8,12-15,18-21,27,33,35H,9-11,16-17,22-26H2,1-2H3,(H,42,50)/t33-,35+/m1/s1. The summed E-state index contributed by atoms with van der Waals surface area (Å²) in [5.41, 5.74) is 3.81. The molecule has 3 aromatic carbocycles. The van der Waals surface area contributed by atoms with Gasteiger partial charge in [-0.25, -0.2) is 14.3 Å². The van der Waals surface area contributed by atoms with E-state index in [0.29, 0.717) is 62.8 Å². The van der Waals surface area contributed by atoms with E-state index in [-0.39, 0.29) is 24.1 Å². The zero-order valence-corrected chi connectivity index (χ0v) is 29.6. The molecule has 0 spiro atoms. The summed E-state index contributed by atoms with van der Waals surface area (Å²) in [7, 11) is 1.62. The highest BCUT2D eigenvalue weighted by atomic mass is 16.5. The number of hydrogen-bond donors (Lipinski definition) is 1. The Kier molecular flexibility index (Phi) is 10.4. The van der Waals surface area contributed by atoms with Gasteiger partial charge < -0.3 is 19.9 Å². The van der Waals surface area contributed by atoms with Crippen LogP contribution in [0.4, 0.5) is 0 Å². The molecule has 1 fully saturated rings. The smallest absolute Gasteiger partial charge is 0.274 e. The third-order valence-electron chi connectivity index (χ3n) is 9.85. The average molecular weight is 701 g/mol. The number of nitrogens with zero attached hydrogens (tertiary/aromatic N) is 7. The third-order valence-corrected chi connectivity index (χ3v) is 9.85. The number of carbonyl (C=O) groups excluding carboxylic acids is 3. The van der Waals surface area contributed by atoms with Crippen molar-refractivity contribution in [3.63, 3.8) is 0 Å². The van der Waals surface area contributed by atoms with Crippen molar-refractivity contribution in [2.24, 2.45) is 0 Å². The van der Waals surface area contributed by atoms with Crippen molar-refractivity contribution < 1.29 is 19.1 Å². The lowest BCUT2D eigenvalue weighted by Gasteiger charge is -2.36. The predicted octanol–water partition coefficient (Wildman–Crippen LogP) is 5.17. The minimum absolute atomic E-state index is 0.0712. The number of methoxy groups -OCH3 is 1. The van der Waals surface area contributed by atoms with Gasteiger partial charge in [-0.2, -0.15) is 10.2 Å². The van der Waals surface area contributed by atoms with Gasteiger partial charge in [0, 0.05) is 31.6 Å². The Hall–Kier alpha value is -5.78. The molecule has 2 aliphatic heterocycles. The molecule has 0 aliphatic carbocycles. The number of carbonyl (C=O) groups is 3. The second-order valence-electron chi connectivity index (χ2n) is 13.4. The minimum atomic E-state index is -0.559. The second-order valence-corrected chi connectivity index (χ2v) is 13.4. The van der Waals surface area contributed by atoms with E-state index in [1.54, 1.807) is 21.6 Å². The fraction of sp³-hybridized carbons (Fsp3) is 0.350. The molecule has 4 heterocycles. The van der Waals surface area contributed by atoms with Gasteiger partial charge in [0.25, 0.3) is 5.91 Å². The number of benzene rings is 3. The lowest BCUT2D eigenvalue weighted by Crippen LogP contribution is -2.53. The number of fused-ring (bicyclic) bond motifs is 2. The third kappa shape index (κ3) is 7.60. The van der Waals surface area contributed by atoms with Crippen molar-refractivity contribution in [2.45, 2.75) is 64.1 Å². The summed E-state index contributed by atoms with van der Waals surface area (Å²) in [5, 5.41) is 12.8. The topological polar surface area (TPSA) is 127 Å². The average Bonchev–Trinajstić information content (AvgIpc) is 3.80. The summed E-state index contributed by atoms with van der Waals surface area (Å²) >= 11 is 0. The number of aryl methyl sites for hydroxylation is 1. The van der Waals surface area contributed by atoms with E-state index in [4.69, 9.17) is 19.9 Å². The van der Waals surface area contributed by atoms with Gasteiger partial charge in [0.05, 0.1) is 31.1 Å². The molecule has 0 radical (unpaired) electrons. The fourth-order valence-corrected chi connectivity index (χ4v) is 7.20. The van der Waals surface area contributed by atoms with Gasteiger partial charge in [0.1, 0.15) is 23.4 Å². The van der Waals surface area contributed by atoms with Gasteiger partial charge in [0.15, 0.2) is 5.69 Å². The zero-order chi connectivity index (χ0) is 36.0. The molecule has 1 saturated heterocycles. The normalized spacial score (nSPS) is 18.6. The maximum Gasteiger partial charge on any atom is 0.274 e. The van der Waals surface area contributed by atoms with Crippen LogP contribution in [0.3, 0.4) is 0 Å². The number of rotatable bonds is 6. The first-order valence-corrected chi connectivity index (χ1v) is 18.0. The number of piperidine rings is 1. The van der Waals surface area contributed by atoms with Gasteiger partial charge in [-0.15, -0.1) is 0 Å².